The van der Waals surface area contributed by atoms with Gasteiger partial charge in [0.25, 0.3) is 5.91 Å². The van der Waals surface area contributed by atoms with Crippen molar-refractivity contribution in [1.82, 2.24) is 9.55 Å². The fraction of sp³-hybridized carbons (Fsp3) is 0.238. The van der Waals surface area contributed by atoms with Crippen LogP contribution < -0.4 is 15.8 Å². The third-order valence-corrected chi connectivity index (χ3v) is 4.89. The molecule has 4 rings (SSSR count). The SMILES string of the molecule is Cc1cc(CN)cc(C)c1-c1ncn(C)c1-c1ccc2c(c1)OCC(=O)N2. The van der Waals surface area contributed by atoms with Gasteiger partial charge in [-0.1, -0.05) is 18.2 Å². The Morgan fingerprint density at radius 1 is 1.22 bits per heavy atom. The van der Waals surface area contributed by atoms with Crippen LogP contribution in [0.15, 0.2) is 36.7 Å². The van der Waals surface area contributed by atoms with Crippen molar-refractivity contribution in [3.8, 4) is 28.3 Å². The van der Waals surface area contributed by atoms with E-state index in [1.165, 1.54) is 0 Å². The summed E-state index contributed by atoms with van der Waals surface area (Å²) < 4.78 is 7.59. The van der Waals surface area contributed by atoms with Crippen LogP contribution in [0, 0.1) is 13.8 Å². The monoisotopic (exact) mass is 362 g/mol. The molecule has 2 aromatic carbocycles. The molecular weight excluding hydrogens is 340 g/mol. The van der Waals surface area contributed by atoms with E-state index in [0.717, 1.165) is 39.2 Å². The van der Waals surface area contributed by atoms with E-state index < -0.39 is 0 Å². The van der Waals surface area contributed by atoms with Gasteiger partial charge in [-0.15, -0.1) is 0 Å². The van der Waals surface area contributed by atoms with Crippen LogP contribution in [0.5, 0.6) is 5.75 Å². The molecule has 1 aliphatic heterocycles. The molecule has 1 aromatic heterocycles. The lowest BCUT2D eigenvalue weighted by atomic mass is 9.94. The van der Waals surface area contributed by atoms with E-state index in [2.05, 4.69) is 36.3 Å². The van der Waals surface area contributed by atoms with Crippen LogP contribution >= 0.6 is 0 Å². The predicted molar refractivity (Wildman–Crippen MR) is 106 cm³/mol. The zero-order valence-electron chi connectivity index (χ0n) is 15.7. The van der Waals surface area contributed by atoms with E-state index in [9.17, 15) is 4.79 Å². The highest BCUT2D eigenvalue weighted by Crippen LogP contribution is 2.38. The minimum Gasteiger partial charge on any atom is -0.482 e. The molecule has 1 aliphatic rings. The maximum absolute atomic E-state index is 11.5. The third kappa shape index (κ3) is 2.98. The van der Waals surface area contributed by atoms with Gasteiger partial charge in [0.15, 0.2) is 6.61 Å². The Morgan fingerprint density at radius 2 is 1.96 bits per heavy atom. The average Bonchev–Trinajstić information content (AvgIpc) is 3.01. The van der Waals surface area contributed by atoms with Crippen molar-refractivity contribution in [1.29, 1.82) is 0 Å². The van der Waals surface area contributed by atoms with Crippen molar-refractivity contribution in [2.45, 2.75) is 20.4 Å². The van der Waals surface area contributed by atoms with Crippen LogP contribution in [0.2, 0.25) is 0 Å². The van der Waals surface area contributed by atoms with E-state index in [1.807, 2.05) is 36.1 Å². The molecule has 3 N–H and O–H groups in total. The maximum Gasteiger partial charge on any atom is 0.262 e. The van der Waals surface area contributed by atoms with Crippen LogP contribution in [0.4, 0.5) is 5.69 Å². The zero-order chi connectivity index (χ0) is 19.1. The van der Waals surface area contributed by atoms with Crippen molar-refractivity contribution in [2.75, 3.05) is 11.9 Å². The molecule has 0 bridgehead atoms. The number of imidazole rings is 1. The summed E-state index contributed by atoms with van der Waals surface area (Å²) in [5.41, 5.74) is 14.0. The van der Waals surface area contributed by atoms with E-state index in [-0.39, 0.29) is 12.5 Å². The molecule has 0 atom stereocenters. The highest BCUT2D eigenvalue weighted by atomic mass is 16.5. The Hall–Kier alpha value is -3.12. The van der Waals surface area contributed by atoms with Crippen molar-refractivity contribution in [3.05, 3.63) is 53.3 Å². The van der Waals surface area contributed by atoms with Gasteiger partial charge in [0.1, 0.15) is 5.75 Å². The number of fused-ring (bicyclic) bond motifs is 1. The summed E-state index contributed by atoms with van der Waals surface area (Å²) in [6.45, 7) is 4.73. The summed E-state index contributed by atoms with van der Waals surface area (Å²) in [7, 11) is 1.98. The first-order valence-electron chi connectivity index (χ1n) is 8.87. The van der Waals surface area contributed by atoms with E-state index in [1.54, 1.807) is 0 Å². The smallest absolute Gasteiger partial charge is 0.262 e. The van der Waals surface area contributed by atoms with E-state index in [4.69, 9.17) is 10.5 Å². The first-order chi connectivity index (χ1) is 13.0. The molecule has 0 saturated carbocycles. The summed E-state index contributed by atoms with van der Waals surface area (Å²) in [6, 6.07) is 10.0. The number of amides is 1. The predicted octanol–water partition coefficient (Wildman–Crippen LogP) is 3.16. The fourth-order valence-electron chi connectivity index (χ4n) is 3.72. The van der Waals surface area contributed by atoms with Crippen LogP contribution in [0.1, 0.15) is 16.7 Å². The molecule has 138 valence electrons. The summed E-state index contributed by atoms with van der Waals surface area (Å²) in [5, 5.41) is 2.83. The molecule has 3 aromatic rings. The van der Waals surface area contributed by atoms with Crippen molar-refractivity contribution in [2.24, 2.45) is 12.8 Å². The first kappa shape index (κ1) is 17.3. The van der Waals surface area contributed by atoms with Gasteiger partial charge in [-0.25, -0.2) is 4.98 Å². The number of aromatic nitrogens is 2. The summed E-state index contributed by atoms with van der Waals surface area (Å²) >= 11 is 0. The van der Waals surface area contributed by atoms with Crippen molar-refractivity contribution < 1.29 is 9.53 Å². The Kier molecular flexibility index (Phi) is 4.20. The molecule has 0 saturated heterocycles. The molecule has 2 heterocycles. The second-order valence-corrected chi connectivity index (χ2v) is 6.91. The number of aryl methyl sites for hydroxylation is 3. The van der Waals surface area contributed by atoms with Gasteiger partial charge in [0, 0.05) is 24.7 Å². The molecule has 0 aliphatic carbocycles. The lowest BCUT2D eigenvalue weighted by Gasteiger charge is -2.19. The van der Waals surface area contributed by atoms with Gasteiger partial charge in [0.05, 0.1) is 23.4 Å². The Labute approximate surface area is 158 Å². The highest BCUT2D eigenvalue weighted by Gasteiger charge is 2.21. The number of nitrogens with zero attached hydrogens (tertiary/aromatic N) is 2. The Bertz CT molecular complexity index is 1030. The normalized spacial score (nSPS) is 13.1. The quantitative estimate of drug-likeness (QED) is 0.750. The molecule has 6 heteroatoms. The lowest BCUT2D eigenvalue weighted by molar-refractivity contribution is -0.118. The second kappa shape index (κ2) is 6.55. The molecule has 0 fully saturated rings. The molecule has 0 spiro atoms. The highest BCUT2D eigenvalue weighted by molar-refractivity contribution is 5.96. The number of benzene rings is 2. The number of hydrogen-bond acceptors (Lipinski definition) is 4. The van der Waals surface area contributed by atoms with Gasteiger partial charge < -0.3 is 20.4 Å². The molecule has 1 amide bonds. The van der Waals surface area contributed by atoms with Crippen LogP contribution in [0.25, 0.3) is 22.5 Å². The summed E-state index contributed by atoms with van der Waals surface area (Å²) in [6.07, 6.45) is 1.82. The van der Waals surface area contributed by atoms with E-state index >= 15 is 0 Å². The Balaban J connectivity index is 1.86. The van der Waals surface area contributed by atoms with Gasteiger partial charge in [-0.05, 0) is 42.7 Å². The molecule has 0 unspecified atom stereocenters. The van der Waals surface area contributed by atoms with Gasteiger partial charge in [0.2, 0.25) is 0 Å². The number of anilines is 1. The lowest BCUT2D eigenvalue weighted by Crippen LogP contribution is -2.25. The number of ether oxygens (including phenoxy) is 1. The third-order valence-electron chi connectivity index (χ3n) is 4.89. The number of carbonyl (C=O) groups excluding carboxylic acids is 1. The second-order valence-electron chi connectivity index (χ2n) is 6.91. The minimum absolute atomic E-state index is 0.0352. The van der Waals surface area contributed by atoms with Crippen LogP contribution in [-0.2, 0) is 18.4 Å². The number of nitrogens with two attached hydrogens (primary N) is 1. The maximum atomic E-state index is 11.5. The van der Waals surface area contributed by atoms with Gasteiger partial charge >= 0.3 is 0 Å². The standard InChI is InChI=1S/C21H22N4O2/c1-12-6-14(9-22)7-13(2)19(12)20-21(25(3)11-23-20)15-4-5-16-17(8-15)27-10-18(26)24-16/h4-8,11H,9-10,22H2,1-3H3,(H,24,26). The number of rotatable bonds is 3. The Morgan fingerprint density at radius 3 is 2.67 bits per heavy atom. The number of hydrogen-bond donors (Lipinski definition) is 2. The van der Waals surface area contributed by atoms with Gasteiger partial charge in [-0.3, -0.25) is 4.79 Å². The molecular formula is C21H22N4O2. The van der Waals surface area contributed by atoms with Crippen LogP contribution in [0.3, 0.4) is 0 Å². The molecule has 0 radical (unpaired) electrons. The molecule has 6 nitrogen and oxygen atoms in total. The zero-order valence-corrected chi connectivity index (χ0v) is 15.7. The minimum atomic E-state index is -0.136. The average molecular weight is 362 g/mol. The van der Waals surface area contributed by atoms with Crippen LogP contribution in [-0.4, -0.2) is 22.1 Å². The topological polar surface area (TPSA) is 82.2 Å². The van der Waals surface area contributed by atoms with E-state index in [0.29, 0.717) is 18.0 Å². The van der Waals surface area contributed by atoms with Gasteiger partial charge in [-0.2, -0.15) is 0 Å². The summed E-state index contributed by atoms with van der Waals surface area (Å²) in [5.74, 6) is 0.536. The van der Waals surface area contributed by atoms with Crippen molar-refractivity contribution in [3.63, 3.8) is 0 Å². The number of nitrogens with one attached hydrogen (secondary N) is 1. The molecule has 27 heavy (non-hydrogen) atoms. The first-order valence-corrected chi connectivity index (χ1v) is 8.87. The fourth-order valence-corrected chi connectivity index (χ4v) is 3.72. The van der Waals surface area contributed by atoms with Crippen molar-refractivity contribution >= 4 is 11.6 Å². The number of carbonyl (C=O) groups is 1. The largest absolute Gasteiger partial charge is 0.482 e. The summed E-state index contributed by atoms with van der Waals surface area (Å²) in [4.78, 5) is 16.2.